The van der Waals surface area contributed by atoms with Gasteiger partial charge in [-0.3, -0.25) is 4.79 Å². The number of hydrogen-bond acceptors (Lipinski definition) is 4. The maximum absolute atomic E-state index is 13.0. The fourth-order valence-electron chi connectivity index (χ4n) is 3.93. The van der Waals surface area contributed by atoms with Gasteiger partial charge in [-0.25, -0.2) is 8.42 Å². The number of hydrogen-bond donors (Lipinski definition) is 1. The Balaban J connectivity index is 2.41. The molecular formula is C21H35N3O3S. The van der Waals surface area contributed by atoms with Gasteiger partial charge in [-0.1, -0.05) is 33.1 Å². The lowest BCUT2D eigenvalue weighted by Gasteiger charge is -2.27. The number of benzene rings is 1. The van der Waals surface area contributed by atoms with Gasteiger partial charge in [0.2, 0.25) is 15.9 Å². The largest absolute Gasteiger partial charge is 0.370 e. The van der Waals surface area contributed by atoms with Gasteiger partial charge < -0.3 is 10.2 Å². The second-order valence-electron chi connectivity index (χ2n) is 7.26. The maximum atomic E-state index is 13.0. The SMILES string of the molecule is CCN(CC)c1ccc(S(=O)(=O)N(CC)CC)cc1NC(=O)C1CCCCC1. The number of nitrogens with one attached hydrogen (secondary N) is 1. The molecule has 1 aliphatic rings. The third-order valence-electron chi connectivity index (χ3n) is 5.65. The average molecular weight is 410 g/mol. The van der Waals surface area contributed by atoms with E-state index < -0.39 is 10.0 Å². The molecular weight excluding hydrogens is 374 g/mol. The van der Waals surface area contributed by atoms with Crippen LogP contribution in [-0.4, -0.2) is 44.8 Å². The van der Waals surface area contributed by atoms with E-state index in [2.05, 4.69) is 24.1 Å². The van der Waals surface area contributed by atoms with Gasteiger partial charge in [-0.15, -0.1) is 0 Å². The lowest BCUT2D eigenvalue weighted by atomic mass is 9.88. The predicted octanol–water partition coefficient (Wildman–Crippen LogP) is 4.08. The van der Waals surface area contributed by atoms with E-state index in [-0.39, 0.29) is 16.7 Å². The van der Waals surface area contributed by atoms with Crippen molar-refractivity contribution in [2.45, 2.75) is 64.7 Å². The number of carbonyl (C=O) groups is 1. The number of rotatable bonds is 9. The van der Waals surface area contributed by atoms with Gasteiger partial charge in [-0.05, 0) is 44.9 Å². The van der Waals surface area contributed by atoms with Crippen molar-refractivity contribution in [2.75, 3.05) is 36.4 Å². The summed E-state index contributed by atoms with van der Waals surface area (Å²) in [6.07, 6.45) is 5.16. The van der Waals surface area contributed by atoms with E-state index in [4.69, 9.17) is 0 Å². The smallest absolute Gasteiger partial charge is 0.243 e. The first-order valence-electron chi connectivity index (χ1n) is 10.6. The molecule has 0 unspecified atom stereocenters. The van der Waals surface area contributed by atoms with Crippen molar-refractivity contribution < 1.29 is 13.2 Å². The number of nitrogens with zero attached hydrogens (tertiary/aromatic N) is 2. The second kappa shape index (κ2) is 10.3. The molecule has 0 heterocycles. The zero-order valence-corrected chi connectivity index (χ0v) is 18.5. The Morgan fingerprint density at radius 3 is 2.14 bits per heavy atom. The molecule has 2 rings (SSSR count). The van der Waals surface area contributed by atoms with Gasteiger partial charge in [0, 0.05) is 32.1 Å². The molecule has 0 bridgehead atoms. The van der Waals surface area contributed by atoms with Crippen molar-refractivity contribution in [3.8, 4) is 0 Å². The van der Waals surface area contributed by atoms with Crippen molar-refractivity contribution in [2.24, 2.45) is 5.92 Å². The zero-order valence-electron chi connectivity index (χ0n) is 17.7. The Morgan fingerprint density at radius 1 is 1.00 bits per heavy atom. The summed E-state index contributed by atoms with van der Waals surface area (Å²) in [4.78, 5) is 15.2. The van der Waals surface area contributed by atoms with Crippen LogP contribution >= 0.6 is 0 Å². The monoisotopic (exact) mass is 409 g/mol. The molecule has 0 radical (unpaired) electrons. The molecule has 158 valence electrons. The second-order valence-corrected chi connectivity index (χ2v) is 9.20. The summed E-state index contributed by atoms with van der Waals surface area (Å²) in [6.45, 7) is 10.2. The molecule has 0 saturated heterocycles. The van der Waals surface area contributed by atoms with Crippen LogP contribution in [0.1, 0.15) is 59.8 Å². The van der Waals surface area contributed by atoms with Crippen molar-refractivity contribution in [3.63, 3.8) is 0 Å². The maximum Gasteiger partial charge on any atom is 0.243 e. The fraction of sp³-hybridized carbons (Fsp3) is 0.667. The van der Waals surface area contributed by atoms with Crippen molar-refractivity contribution in [3.05, 3.63) is 18.2 Å². The Bertz CT molecular complexity index is 750. The van der Waals surface area contributed by atoms with Gasteiger partial charge in [-0.2, -0.15) is 4.31 Å². The minimum absolute atomic E-state index is 0.00509. The normalized spacial score (nSPS) is 15.6. The van der Waals surface area contributed by atoms with Crippen LogP contribution in [0.3, 0.4) is 0 Å². The van der Waals surface area contributed by atoms with E-state index in [1.807, 2.05) is 19.9 Å². The topological polar surface area (TPSA) is 69.7 Å². The molecule has 1 aliphatic carbocycles. The van der Waals surface area contributed by atoms with Crippen LogP contribution in [0.5, 0.6) is 0 Å². The predicted molar refractivity (Wildman–Crippen MR) is 115 cm³/mol. The van der Waals surface area contributed by atoms with Gasteiger partial charge in [0.15, 0.2) is 0 Å². The standard InChI is InChI=1S/C21H35N3O3S/c1-5-23(6-2)20-15-14-18(28(26,27)24(7-3)8-4)16-19(20)22-21(25)17-12-10-9-11-13-17/h14-17H,5-13H2,1-4H3,(H,22,25). The van der Waals surface area contributed by atoms with Crippen LogP contribution < -0.4 is 10.2 Å². The molecule has 0 aliphatic heterocycles. The van der Waals surface area contributed by atoms with E-state index in [1.165, 1.54) is 10.7 Å². The number of carbonyl (C=O) groups excluding carboxylic acids is 1. The van der Waals surface area contributed by atoms with Crippen molar-refractivity contribution in [1.82, 2.24) is 4.31 Å². The first kappa shape index (κ1) is 22.7. The van der Waals surface area contributed by atoms with Gasteiger partial charge in [0.25, 0.3) is 0 Å². The van der Waals surface area contributed by atoms with Crippen LogP contribution in [0.15, 0.2) is 23.1 Å². The molecule has 1 aromatic carbocycles. The van der Waals surface area contributed by atoms with Crippen molar-refractivity contribution >= 4 is 27.3 Å². The molecule has 1 amide bonds. The van der Waals surface area contributed by atoms with Gasteiger partial charge >= 0.3 is 0 Å². The number of amides is 1. The Kier molecular flexibility index (Phi) is 8.31. The molecule has 7 heteroatoms. The molecule has 6 nitrogen and oxygen atoms in total. The summed E-state index contributed by atoms with van der Waals surface area (Å²) >= 11 is 0. The van der Waals surface area contributed by atoms with Crippen LogP contribution in [0.4, 0.5) is 11.4 Å². The highest BCUT2D eigenvalue weighted by Crippen LogP contribution is 2.32. The van der Waals surface area contributed by atoms with Gasteiger partial charge in [0.05, 0.1) is 16.3 Å². The first-order chi connectivity index (χ1) is 13.4. The van der Waals surface area contributed by atoms with Gasteiger partial charge in [0.1, 0.15) is 0 Å². The summed E-state index contributed by atoms with van der Waals surface area (Å²) in [7, 11) is -3.58. The Morgan fingerprint density at radius 2 is 1.61 bits per heavy atom. The lowest BCUT2D eigenvalue weighted by molar-refractivity contribution is -0.120. The highest BCUT2D eigenvalue weighted by Gasteiger charge is 2.26. The van der Waals surface area contributed by atoms with Crippen LogP contribution in [-0.2, 0) is 14.8 Å². The Hall–Kier alpha value is -1.60. The molecule has 28 heavy (non-hydrogen) atoms. The quantitative estimate of drug-likeness (QED) is 0.667. The lowest BCUT2D eigenvalue weighted by Crippen LogP contribution is -2.31. The van der Waals surface area contributed by atoms with Crippen LogP contribution in [0.25, 0.3) is 0 Å². The number of sulfonamides is 1. The number of anilines is 2. The highest BCUT2D eigenvalue weighted by molar-refractivity contribution is 7.89. The minimum Gasteiger partial charge on any atom is -0.370 e. The molecule has 0 atom stereocenters. The molecule has 1 N–H and O–H groups in total. The molecule has 1 saturated carbocycles. The van der Waals surface area contributed by atoms with Crippen molar-refractivity contribution in [1.29, 1.82) is 0 Å². The molecule has 1 fully saturated rings. The zero-order chi connectivity index (χ0) is 20.7. The summed E-state index contributed by atoms with van der Waals surface area (Å²) in [5.74, 6) is 0.0202. The third-order valence-corrected chi connectivity index (χ3v) is 7.70. The van der Waals surface area contributed by atoms with E-state index >= 15 is 0 Å². The Labute approximate surface area is 170 Å². The molecule has 1 aromatic rings. The van der Waals surface area contributed by atoms with E-state index in [9.17, 15) is 13.2 Å². The third kappa shape index (κ3) is 5.06. The molecule has 0 aromatic heterocycles. The summed E-state index contributed by atoms with van der Waals surface area (Å²) < 4.78 is 27.3. The summed E-state index contributed by atoms with van der Waals surface area (Å²) in [6, 6.07) is 5.10. The van der Waals surface area contributed by atoms with E-state index in [0.29, 0.717) is 18.8 Å². The van der Waals surface area contributed by atoms with Crippen LogP contribution in [0.2, 0.25) is 0 Å². The minimum atomic E-state index is -3.58. The summed E-state index contributed by atoms with van der Waals surface area (Å²) in [5.41, 5.74) is 1.46. The summed E-state index contributed by atoms with van der Waals surface area (Å²) in [5, 5.41) is 3.05. The first-order valence-corrected chi connectivity index (χ1v) is 12.0. The van der Waals surface area contributed by atoms with E-state index in [1.54, 1.807) is 12.1 Å². The van der Waals surface area contributed by atoms with Crippen LogP contribution in [0, 0.1) is 5.92 Å². The average Bonchev–Trinajstić information content (AvgIpc) is 2.71. The fourth-order valence-corrected chi connectivity index (χ4v) is 5.41. The molecule has 0 spiro atoms. The highest BCUT2D eigenvalue weighted by atomic mass is 32.2. The van der Waals surface area contributed by atoms with E-state index in [0.717, 1.165) is 44.5 Å².